The number of benzene rings is 1. The molecule has 0 N–H and O–H groups in total. The zero-order chi connectivity index (χ0) is 14.1. The highest BCUT2D eigenvalue weighted by Gasteiger charge is 2.10. The van der Waals surface area contributed by atoms with Crippen LogP contribution in [0.4, 0.5) is 0 Å². The first-order valence-corrected chi connectivity index (χ1v) is 6.87. The van der Waals surface area contributed by atoms with Gasteiger partial charge in [0, 0.05) is 31.4 Å². The molecular formula is C15H18N4O. The van der Waals surface area contributed by atoms with E-state index in [0.29, 0.717) is 6.54 Å². The summed E-state index contributed by atoms with van der Waals surface area (Å²) in [5, 5.41) is 5.63. The number of imidazole rings is 1. The van der Waals surface area contributed by atoms with Crippen molar-refractivity contribution in [2.75, 3.05) is 0 Å². The van der Waals surface area contributed by atoms with Gasteiger partial charge >= 0.3 is 5.69 Å². The van der Waals surface area contributed by atoms with Gasteiger partial charge in [-0.15, -0.1) is 0 Å². The average Bonchev–Trinajstić information content (AvgIpc) is 2.95. The molecule has 0 unspecified atom stereocenters. The average molecular weight is 270 g/mol. The number of hydrogen-bond acceptors (Lipinski definition) is 2. The summed E-state index contributed by atoms with van der Waals surface area (Å²) in [7, 11) is 1.93. The van der Waals surface area contributed by atoms with E-state index in [1.807, 2.05) is 48.4 Å². The molecule has 0 bridgehead atoms. The summed E-state index contributed by atoms with van der Waals surface area (Å²) in [6.07, 6.45) is 4.63. The summed E-state index contributed by atoms with van der Waals surface area (Å²) in [6, 6.07) is 8.08. The standard InChI is InChI=1S/C15H18N4O/c1-3-8-18-9-10-19(15(18)20)11-13-12-6-4-5-7-14(12)17(2)16-13/h4-7,9-10H,3,8,11H2,1-2H3. The third-order valence-electron chi connectivity index (χ3n) is 3.54. The maximum absolute atomic E-state index is 12.2. The molecule has 3 aromatic rings. The van der Waals surface area contributed by atoms with Gasteiger partial charge in [0.25, 0.3) is 0 Å². The number of rotatable bonds is 4. The number of para-hydroxylation sites is 1. The van der Waals surface area contributed by atoms with E-state index < -0.39 is 0 Å². The molecule has 5 heteroatoms. The van der Waals surface area contributed by atoms with Crippen molar-refractivity contribution in [1.29, 1.82) is 0 Å². The number of aromatic nitrogens is 4. The van der Waals surface area contributed by atoms with Crippen LogP contribution in [-0.4, -0.2) is 18.9 Å². The zero-order valence-corrected chi connectivity index (χ0v) is 11.8. The normalized spacial score (nSPS) is 11.3. The maximum atomic E-state index is 12.2. The van der Waals surface area contributed by atoms with Crippen molar-refractivity contribution in [1.82, 2.24) is 18.9 Å². The van der Waals surface area contributed by atoms with E-state index in [-0.39, 0.29) is 5.69 Å². The van der Waals surface area contributed by atoms with E-state index in [4.69, 9.17) is 0 Å². The van der Waals surface area contributed by atoms with Crippen molar-refractivity contribution >= 4 is 10.9 Å². The number of fused-ring (bicyclic) bond motifs is 1. The molecule has 2 heterocycles. The minimum absolute atomic E-state index is 0.0292. The first kappa shape index (κ1) is 12.7. The Morgan fingerprint density at radius 1 is 1.15 bits per heavy atom. The highest BCUT2D eigenvalue weighted by atomic mass is 16.1. The molecule has 0 atom stereocenters. The molecule has 1 aromatic carbocycles. The van der Waals surface area contributed by atoms with Crippen LogP contribution in [0.15, 0.2) is 41.5 Å². The Labute approximate surface area is 117 Å². The molecule has 0 fully saturated rings. The summed E-state index contributed by atoms with van der Waals surface area (Å²) in [5.74, 6) is 0. The van der Waals surface area contributed by atoms with Gasteiger partial charge in [0.1, 0.15) is 0 Å². The van der Waals surface area contributed by atoms with Gasteiger partial charge in [-0.1, -0.05) is 25.1 Å². The molecule has 0 amide bonds. The second-order valence-corrected chi connectivity index (χ2v) is 4.99. The molecule has 0 saturated carbocycles. The molecular weight excluding hydrogens is 252 g/mol. The minimum atomic E-state index is 0.0292. The van der Waals surface area contributed by atoms with Crippen molar-refractivity contribution in [3.05, 3.63) is 52.8 Å². The fourth-order valence-electron chi connectivity index (χ4n) is 2.55. The third kappa shape index (κ3) is 2.05. The lowest BCUT2D eigenvalue weighted by molar-refractivity contribution is 0.618. The fourth-order valence-corrected chi connectivity index (χ4v) is 2.55. The molecule has 5 nitrogen and oxygen atoms in total. The van der Waals surface area contributed by atoms with Crippen molar-refractivity contribution in [2.45, 2.75) is 26.4 Å². The van der Waals surface area contributed by atoms with Gasteiger partial charge in [-0.2, -0.15) is 5.10 Å². The van der Waals surface area contributed by atoms with Crippen LogP contribution < -0.4 is 5.69 Å². The van der Waals surface area contributed by atoms with E-state index in [9.17, 15) is 4.79 Å². The Balaban J connectivity index is 2.00. The predicted octanol–water partition coefficient (Wildman–Crippen LogP) is 1.99. The van der Waals surface area contributed by atoms with E-state index in [0.717, 1.165) is 29.6 Å². The molecule has 0 spiro atoms. The van der Waals surface area contributed by atoms with E-state index in [1.54, 1.807) is 9.13 Å². The fraction of sp³-hybridized carbons (Fsp3) is 0.333. The monoisotopic (exact) mass is 270 g/mol. The zero-order valence-electron chi connectivity index (χ0n) is 11.8. The molecule has 104 valence electrons. The quantitative estimate of drug-likeness (QED) is 0.728. The summed E-state index contributed by atoms with van der Waals surface area (Å²) in [4.78, 5) is 12.2. The van der Waals surface area contributed by atoms with Crippen LogP contribution in [0.25, 0.3) is 10.9 Å². The van der Waals surface area contributed by atoms with Crippen molar-refractivity contribution < 1.29 is 0 Å². The number of nitrogens with zero attached hydrogens (tertiary/aromatic N) is 4. The molecule has 0 aliphatic carbocycles. The molecule has 0 radical (unpaired) electrons. The van der Waals surface area contributed by atoms with Crippen LogP contribution in [-0.2, 0) is 20.1 Å². The summed E-state index contributed by atoms with van der Waals surface area (Å²) in [6.45, 7) is 3.34. The highest BCUT2D eigenvalue weighted by molar-refractivity contribution is 5.81. The Morgan fingerprint density at radius 3 is 2.70 bits per heavy atom. The van der Waals surface area contributed by atoms with Gasteiger partial charge in [-0.3, -0.25) is 13.8 Å². The number of aryl methyl sites for hydroxylation is 2. The van der Waals surface area contributed by atoms with Gasteiger partial charge in [0.05, 0.1) is 17.8 Å². The van der Waals surface area contributed by atoms with Crippen molar-refractivity contribution in [3.8, 4) is 0 Å². The van der Waals surface area contributed by atoms with E-state index in [2.05, 4.69) is 12.0 Å². The molecule has 0 saturated heterocycles. The highest BCUT2D eigenvalue weighted by Crippen LogP contribution is 2.17. The van der Waals surface area contributed by atoms with Crippen LogP contribution in [0.3, 0.4) is 0 Å². The van der Waals surface area contributed by atoms with Gasteiger partial charge in [-0.25, -0.2) is 4.79 Å². The van der Waals surface area contributed by atoms with Crippen LogP contribution in [0.1, 0.15) is 19.0 Å². The summed E-state index contributed by atoms with van der Waals surface area (Å²) in [5.41, 5.74) is 2.05. The molecule has 20 heavy (non-hydrogen) atoms. The first-order chi connectivity index (χ1) is 9.70. The number of hydrogen-bond donors (Lipinski definition) is 0. The largest absolute Gasteiger partial charge is 0.328 e. The lowest BCUT2D eigenvalue weighted by Gasteiger charge is -1.99. The van der Waals surface area contributed by atoms with Gasteiger partial charge < -0.3 is 0 Å². The Hall–Kier alpha value is -2.30. The first-order valence-electron chi connectivity index (χ1n) is 6.87. The van der Waals surface area contributed by atoms with Gasteiger partial charge in [0.2, 0.25) is 0 Å². The SMILES string of the molecule is CCCn1ccn(Cc2nn(C)c3ccccc23)c1=O. The Morgan fingerprint density at radius 2 is 1.90 bits per heavy atom. The smallest absolute Gasteiger partial charge is 0.299 e. The van der Waals surface area contributed by atoms with Crippen LogP contribution >= 0.6 is 0 Å². The minimum Gasteiger partial charge on any atom is -0.299 e. The Bertz CT molecular complexity index is 794. The second kappa shape index (κ2) is 5.00. The summed E-state index contributed by atoms with van der Waals surface area (Å²) >= 11 is 0. The van der Waals surface area contributed by atoms with Crippen LogP contribution in [0.2, 0.25) is 0 Å². The molecule has 0 aliphatic heterocycles. The van der Waals surface area contributed by atoms with E-state index in [1.165, 1.54) is 0 Å². The van der Waals surface area contributed by atoms with Crippen molar-refractivity contribution in [3.63, 3.8) is 0 Å². The van der Waals surface area contributed by atoms with Crippen LogP contribution in [0, 0.1) is 0 Å². The van der Waals surface area contributed by atoms with Gasteiger partial charge in [-0.05, 0) is 12.5 Å². The molecule has 3 rings (SSSR count). The predicted molar refractivity (Wildman–Crippen MR) is 78.8 cm³/mol. The van der Waals surface area contributed by atoms with Crippen LogP contribution in [0.5, 0.6) is 0 Å². The maximum Gasteiger partial charge on any atom is 0.328 e. The summed E-state index contributed by atoms with van der Waals surface area (Å²) < 4.78 is 5.31. The third-order valence-corrected chi connectivity index (χ3v) is 3.54. The second-order valence-electron chi connectivity index (χ2n) is 4.99. The van der Waals surface area contributed by atoms with E-state index >= 15 is 0 Å². The van der Waals surface area contributed by atoms with Gasteiger partial charge in [0.15, 0.2) is 0 Å². The topological polar surface area (TPSA) is 44.8 Å². The lowest BCUT2D eigenvalue weighted by atomic mass is 10.2. The molecule has 0 aliphatic rings. The Kier molecular flexibility index (Phi) is 3.18. The molecule has 2 aromatic heterocycles. The van der Waals surface area contributed by atoms with Crippen molar-refractivity contribution in [2.24, 2.45) is 7.05 Å². The lowest BCUT2D eigenvalue weighted by Crippen LogP contribution is -2.24.